The fourth-order valence-corrected chi connectivity index (χ4v) is 6.11. The van der Waals surface area contributed by atoms with Gasteiger partial charge in [-0.2, -0.15) is 0 Å². The number of carboxylic acid groups (broad SMARTS) is 1. The number of hydrogen-bond acceptors (Lipinski definition) is 7. The fraction of sp³-hybridized carbons (Fsp3) is 0.552. The molecule has 220 valence electrons. The van der Waals surface area contributed by atoms with Crippen molar-refractivity contribution < 1.29 is 23.1 Å². The number of carbonyl (C=O) groups excluding carboxylic acids is 1. The van der Waals surface area contributed by atoms with Gasteiger partial charge >= 0.3 is 12.0 Å². The minimum absolute atomic E-state index is 0.0708. The van der Waals surface area contributed by atoms with E-state index in [1.807, 2.05) is 18.7 Å². The maximum Gasteiger partial charge on any atom is 0.326 e. The lowest BCUT2D eigenvalue weighted by Crippen LogP contribution is -2.49. The Labute approximate surface area is 238 Å². The van der Waals surface area contributed by atoms with Gasteiger partial charge < -0.3 is 25.5 Å². The van der Waals surface area contributed by atoms with Crippen molar-refractivity contribution >= 4 is 27.7 Å². The third-order valence-electron chi connectivity index (χ3n) is 7.27. The number of unbranched alkanes of at least 4 members (excludes halogenated alkanes) is 1. The van der Waals surface area contributed by atoms with Gasteiger partial charge in [0, 0.05) is 38.4 Å². The van der Waals surface area contributed by atoms with Crippen molar-refractivity contribution in [3.63, 3.8) is 0 Å². The van der Waals surface area contributed by atoms with Crippen molar-refractivity contribution in [1.82, 2.24) is 20.1 Å². The van der Waals surface area contributed by atoms with Crippen LogP contribution in [-0.2, 0) is 27.5 Å². The Hall–Kier alpha value is -3.18. The summed E-state index contributed by atoms with van der Waals surface area (Å²) >= 11 is 0. The Morgan fingerprint density at radius 1 is 1.05 bits per heavy atom. The number of carbonyl (C=O) groups is 2. The van der Waals surface area contributed by atoms with Gasteiger partial charge in [0.2, 0.25) is 0 Å². The summed E-state index contributed by atoms with van der Waals surface area (Å²) in [5, 5.41) is 15.7. The van der Waals surface area contributed by atoms with Crippen molar-refractivity contribution in [2.24, 2.45) is 0 Å². The van der Waals surface area contributed by atoms with E-state index in [2.05, 4.69) is 22.8 Å². The number of aliphatic carboxylic acids is 1. The molecule has 1 aromatic heterocycles. The molecule has 0 bridgehead atoms. The van der Waals surface area contributed by atoms with Crippen LogP contribution in [0.2, 0.25) is 0 Å². The molecule has 0 saturated heterocycles. The number of pyridine rings is 1. The molecule has 0 spiro atoms. The molecule has 3 N–H and O–H groups in total. The van der Waals surface area contributed by atoms with Gasteiger partial charge in [0.15, 0.2) is 9.84 Å². The van der Waals surface area contributed by atoms with Crippen LogP contribution >= 0.6 is 0 Å². The first-order valence-corrected chi connectivity index (χ1v) is 15.9. The summed E-state index contributed by atoms with van der Waals surface area (Å²) in [5.74, 6) is -0.203. The predicted molar refractivity (Wildman–Crippen MR) is 156 cm³/mol. The third kappa shape index (κ3) is 9.48. The van der Waals surface area contributed by atoms with E-state index in [1.54, 1.807) is 30.3 Å². The van der Waals surface area contributed by atoms with Crippen LogP contribution in [0.15, 0.2) is 47.4 Å². The second-order valence-corrected chi connectivity index (χ2v) is 12.2. The summed E-state index contributed by atoms with van der Waals surface area (Å²) in [6.45, 7) is 6.81. The Morgan fingerprint density at radius 3 is 2.50 bits per heavy atom. The minimum Gasteiger partial charge on any atom is -0.480 e. The summed E-state index contributed by atoms with van der Waals surface area (Å²) < 4.78 is 25.8. The van der Waals surface area contributed by atoms with E-state index in [0.717, 1.165) is 50.2 Å². The maximum atomic E-state index is 12.9. The molecule has 1 atom stereocenters. The van der Waals surface area contributed by atoms with Crippen molar-refractivity contribution in [3.05, 3.63) is 53.7 Å². The van der Waals surface area contributed by atoms with Crippen LogP contribution in [0.3, 0.4) is 0 Å². The molecule has 0 saturated carbocycles. The van der Waals surface area contributed by atoms with Crippen molar-refractivity contribution in [3.8, 4) is 0 Å². The molecule has 2 aromatic rings. The zero-order chi connectivity index (χ0) is 29.0. The van der Waals surface area contributed by atoms with Gasteiger partial charge in [0.1, 0.15) is 11.9 Å². The lowest BCUT2D eigenvalue weighted by atomic mass is 10.1. The van der Waals surface area contributed by atoms with Crippen molar-refractivity contribution in [1.29, 1.82) is 0 Å². The zero-order valence-electron chi connectivity index (χ0n) is 23.6. The van der Waals surface area contributed by atoms with Crippen molar-refractivity contribution in [2.45, 2.75) is 63.3 Å². The standard InChI is InChI=1S/C29H43N5O5S/c1-3-34(4-2)29(37)32-26(28(35)36)17-20-33(21-22-40(38,39)25-13-6-5-7-14-25)19-9-8-12-24-16-15-23-11-10-18-30-27(23)31-24/h5-7,13-16,26H,3-4,8-12,17-22H2,1-2H3,(H,30,31)(H,32,37)(H,35,36)/t26-/m0/s1. The highest BCUT2D eigenvalue weighted by Gasteiger charge is 2.24. The first kappa shape index (κ1) is 31.3. The second kappa shape index (κ2) is 15.6. The summed E-state index contributed by atoms with van der Waals surface area (Å²) in [6, 6.07) is 11.1. The number of aromatic nitrogens is 1. The number of nitrogens with one attached hydrogen (secondary N) is 2. The van der Waals surface area contributed by atoms with Crippen LogP contribution < -0.4 is 10.6 Å². The van der Waals surface area contributed by atoms with Gasteiger partial charge in [-0.15, -0.1) is 0 Å². The zero-order valence-corrected chi connectivity index (χ0v) is 24.5. The van der Waals surface area contributed by atoms with Crippen LogP contribution in [0, 0.1) is 0 Å². The molecule has 1 aromatic carbocycles. The topological polar surface area (TPSA) is 132 Å². The predicted octanol–water partition coefficient (Wildman–Crippen LogP) is 3.43. The largest absolute Gasteiger partial charge is 0.480 e. The highest BCUT2D eigenvalue weighted by Crippen LogP contribution is 2.20. The molecule has 1 aliphatic heterocycles. The quantitative estimate of drug-likeness (QED) is 0.260. The summed E-state index contributed by atoms with van der Waals surface area (Å²) in [7, 11) is -3.48. The molecule has 0 unspecified atom stereocenters. The molecule has 40 heavy (non-hydrogen) atoms. The number of carboxylic acids is 1. The average molecular weight is 574 g/mol. The number of sulfone groups is 1. The summed E-state index contributed by atoms with van der Waals surface area (Å²) in [4.78, 5) is 32.9. The molecule has 10 nitrogen and oxygen atoms in total. The van der Waals surface area contributed by atoms with Gasteiger partial charge in [-0.1, -0.05) is 24.3 Å². The third-order valence-corrected chi connectivity index (χ3v) is 8.98. The number of hydrogen-bond donors (Lipinski definition) is 3. The Morgan fingerprint density at radius 2 is 1.80 bits per heavy atom. The smallest absolute Gasteiger partial charge is 0.326 e. The highest BCUT2D eigenvalue weighted by atomic mass is 32.2. The monoisotopic (exact) mass is 573 g/mol. The van der Waals surface area contributed by atoms with Gasteiger partial charge in [-0.3, -0.25) is 0 Å². The first-order valence-electron chi connectivity index (χ1n) is 14.2. The Kier molecular flexibility index (Phi) is 12.2. The molecular weight excluding hydrogens is 530 g/mol. The number of benzene rings is 1. The lowest BCUT2D eigenvalue weighted by molar-refractivity contribution is -0.139. The minimum atomic E-state index is -3.48. The van der Waals surface area contributed by atoms with E-state index in [1.165, 1.54) is 10.5 Å². The molecule has 0 fully saturated rings. The number of rotatable bonds is 16. The molecule has 2 heterocycles. The molecule has 0 aliphatic carbocycles. The van der Waals surface area contributed by atoms with Crippen LogP contribution in [0.5, 0.6) is 0 Å². The van der Waals surface area contributed by atoms with E-state index in [-0.39, 0.29) is 23.6 Å². The first-order chi connectivity index (χ1) is 19.2. The molecule has 0 radical (unpaired) electrons. The van der Waals surface area contributed by atoms with Gasteiger partial charge in [-0.25, -0.2) is 23.0 Å². The number of fused-ring (bicyclic) bond motifs is 1. The molecule has 11 heteroatoms. The number of urea groups is 1. The average Bonchev–Trinajstić information content (AvgIpc) is 2.96. The maximum absolute atomic E-state index is 12.9. The van der Waals surface area contributed by atoms with Crippen LogP contribution in [0.4, 0.5) is 10.6 Å². The molecule has 1 aliphatic rings. The van der Waals surface area contributed by atoms with Crippen LogP contribution in [0.25, 0.3) is 0 Å². The van der Waals surface area contributed by atoms with Gasteiger partial charge in [0.05, 0.1) is 10.6 Å². The summed E-state index contributed by atoms with van der Waals surface area (Å²) in [5.41, 5.74) is 2.28. The van der Waals surface area contributed by atoms with E-state index >= 15 is 0 Å². The Bertz CT molecular complexity index is 1200. The van der Waals surface area contributed by atoms with Crippen LogP contribution in [-0.4, -0.2) is 91.4 Å². The van der Waals surface area contributed by atoms with Gasteiger partial charge in [0.25, 0.3) is 0 Å². The Balaban J connectivity index is 1.60. The number of anilines is 1. The highest BCUT2D eigenvalue weighted by molar-refractivity contribution is 7.91. The molecular formula is C29H43N5O5S. The van der Waals surface area contributed by atoms with Crippen LogP contribution in [0.1, 0.15) is 50.8 Å². The second-order valence-electron chi connectivity index (χ2n) is 10.1. The molecule has 3 rings (SSSR count). The van der Waals surface area contributed by atoms with E-state index < -0.39 is 27.9 Å². The fourth-order valence-electron chi connectivity index (χ4n) is 4.80. The SMILES string of the molecule is CCN(CC)C(=O)N[C@@H](CCN(CCCCc1ccc2c(n1)NCCC2)CCS(=O)(=O)c1ccccc1)C(=O)O. The number of amides is 2. The number of nitrogens with zero attached hydrogens (tertiary/aromatic N) is 3. The lowest BCUT2D eigenvalue weighted by Gasteiger charge is -2.26. The molecule has 2 amide bonds. The van der Waals surface area contributed by atoms with Crippen molar-refractivity contribution in [2.75, 3.05) is 50.3 Å². The van der Waals surface area contributed by atoms with Gasteiger partial charge in [-0.05, 0) is 82.7 Å². The summed E-state index contributed by atoms with van der Waals surface area (Å²) in [6.07, 6.45) is 4.82. The van der Waals surface area contributed by atoms with E-state index in [0.29, 0.717) is 26.2 Å². The van der Waals surface area contributed by atoms with E-state index in [9.17, 15) is 23.1 Å². The number of aryl methyl sites for hydroxylation is 2. The normalized spacial score (nSPS) is 13.8. The van der Waals surface area contributed by atoms with E-state index in [4.69, 9.17) is 4.98 Å².